The average molecular weight is 471 g/mol. The smallest absolute Gasteiger partial charge is 0.271 e. The molecular weight excluding hydrogens is 452 g/mol. The van der Waals surface area contributed by atoms with Crippen LogP contribution < -0.4 is 4.72 Å². The van der Waals surface area contributed by atoms with Gasteiger partial charge in [0.15, 0.2) is 5.82 Å². The number of hydrogen-bond acceptors (Lipinski definition) is 6. The molecule has 0 aliphatic heterocycles. The second kappa shape index (κ2) is 8.93. The van der Waals surface area contributed by atoms with Crippen molar-refractivity contribution < 1.29 is 8.42 Å². The van der Waals surface area contributed by atoms with E-state index >= 15 is 0 Å². The molecule has 0 saturated carbocycles. The quantitative estimate of drug-likeness (QED) is 0.342. The Hall–Kier alpha value is -3.88. The van der Waals surface area contributed by atoms with Crippen LogP contribution in [0.1, 0.15) is 0 Å². The lowest BCUT2D eigenvalue weighted by Crippen LogP contribution is -2.11. The second-order valence-corrected chi connectivity index (χ2v) is 10.0. The van der Waals surface area contributed by atoms with Crippen LogP contribution in [0.15, 0.2) is 107 Å². The monoisotopic (exact) mass is 470 g/mol. The maximum Gasteiger partial charge on any atom is 0.271 e. The van der Waals surface area contributed by atoms with Gasteiger partial charge in [-0.2, -0.15) is 0 Å². The second-order valence-electron chi connectivity index (χ2n) is 7.18. The number of anilines is 1. The Morgan fingerprint density at radius 2 is 1.27 bits per heavy atom. The molecule has 5 aromatic rings. The molecule has 0 aliphatic rings. The van der Waals surface area contributed by atoms with E-state index in [1.807, 2.05) is 60.7 Å². The minimum atomic E-state index is -3.60. The lowest BCUT2D eigenvalue weighted by molar-refractivity contribution is 0.603. The van der Waals surface area contributed by atoms with Crippen LogP contribution in [0.2, 0.25) is 0 Å². The minimum absolute atomic E-state index is 0.267. The lowest BCUT2D eigenvalue weighted by atomic mass is 10.0. The number of nitrogens with one attached hydrogen (secondary N) is 1. The van der Waals surface area contributed by atoms with E-state index in [1.165, 1.54) is 11.3 Å². The van der Waals surface area contributed by atoms with Crippen LogP contribution >= 0.6 is 11.3 Å². The summed E-state index contributed by atoms with van der Waals surface area (Å²) < 4.78 is 27.8. The molecule has 6 nitrogen and oxygen atoms in total. The topological polar surface area (TPSA) is 84.8 Å². The maximum absolute atomic E-state index is 12.5. The molecule has 0 unspecified atom stereocenters. The van der Waals surface area contributed by atoms with Crippen molar-refractivity contribution in [2.24, 2.45) is 0 Å². The van der Waals surface area contributed by atoms with Gasteiger partial charge in [0.05, 0.1) is 0 Å². The van der Waals surface area contributed by atoms with Crippen LogP contribution in [0.25, 0.3) is 33.9 Å². The highest BCUT2D eigenvalue weighted by Crippen LogP contribution is 2.30. The minimum Gasteiger partial charge on any atom is -0.279 e. The first-order valence-electron chi connectivity index (χ1n) is 10.1. The van der Waals surface area contributed by atoms with E-state index in [0.29, 0.717) is 17.2 Å². The molecule has 5 rings (SSSR count). The van der Waals surface area contributed by atoms with Crippen LogP contribution in [0.5, 0.6) is 0 Å². The predicted molar refractivity (Wildman–Crippen MR) is 131 cm³/mol. The number of nitrogens with zero attached hydrogens (tertiary/aromatic N) is 3. The summed E-state index contributed by atoms with van der Waals surface area (Å²) in [6, 6.07) is 29.9. The van der Waals surface area contributed by atoms with Crippen molar-refractivity contribution in [2.45, 2.75) is 4.21 Å². The van der Waals surface area contributed by atoms with E-state index in [2.05, 4.69) is 14.9 Å². The van der Waals surface area contributed by atoms with Crippen molar-refractivity contribution in [1.82, 2.24) is 15.2 Å². The van der Waals surface area contributed by atoms with Gasteiger partial charge in [0.25, 0.3) is 10.0 Å². The van der Waals surface area contributed by atoms with Gasteiger partial charge in [-0.05, 0) is 35.7 Å². The van der Waals surface area contributed by atoms with Gasteiger partial charge >= 0.3 is 0 Å². The van der Waals surface area contributed by atoms with Gasteiger partial charge in [0.1, 0.15) is 15.6 Å². The molecule has 1 N–H and O–H groups in total. The van der Waals surface area contributed by atoms with Gasteiger partial charge in [-0.15, -0.1) is 21.5 Å². The molecule has 3 aromatic carbocycles. The molecule has 0 atom stereocenters. The molecule has 0 aliphatic carbocycles. The third-order valence-electron chi connectivity index (χ3n) is 4.94. The van der Waals surface area contributed by atoms with Crippen LogP contribution in [0, 0.1) is 0 Å². The number of hydrogen-bond donors (Lipinski definition) is 1. The van der Waals surface area contributed by atoms with Gasteiger partial charge in [-0.1, -0.05) is 66.7 Å². The number of benzene rings is 3. The molecule has 0 bridgehead atoms. The Labute approximate surface area is 195 Å². The molecule has 0 spiro atoms. The lowest BCUT2D eigenvalue weighted by Gasteiger charge is -2.10. The highest BCUT2D eigenvalue weighted by atomic mass is 32.2. The van der Waals surface area contributed by atoms with Gasteiger partial charge in [0.2, 0.25) is 0 Å². The van der Waals surface area contributed by atoms with E-state index in [-0.39, 0.29) is 4.21 Å². The molecule has 8 heteroatoms. The highest BCUT2D eigenvalue weighted by Gasteiger charge is 2.16. The van der Waals surface area contributed by atoms with Gasteiger partial charge < -0.3 is 0 Å². The summed E-state index contributed by atoms with van der Waals surface area (Å²) in [7, 11) is -3.60. The summed E-state index contributed by atoms with van der Waals surface area (Å²) in [6.07, 6.45) is 0. The van der Waals surface area contributed by atoms with Gasteiger partial charge in [0, 0.05) is 22.4 Å². The number of aromatic nitrogens is 3. The normalized spacial score (nSPS) is 11.3. The van der Waals surface area contributed by atoms with E-state index in [1.54, 1.807) is 41.8 Å². The molecule has 0 amide bonds. The Balaban J connectivity index is 1.50. The Kier molecular flexibility index (Phi) is 5.68. The predicted octanol–water partition coefficient (Wildman–Crippen LogP) is 5.73. The van der Waals surface area contributed by atoms with Crippen molar-refractivity contribution in [2.75, 3.05) is 4.72 Å². The van der Waals surface area contributed by atoms with Crippen LogP contribution in [0.4, 0.5) is 5.69 Å². The Morgan fingerprint density at radius 1 is 0.636 bits per heavy atom. The average Bonchev–Trinajstić information content (AvgIpc) is 3.42. The van der Waals surface area contributed by atoms with Gasteiger partial charge in [-0.25, -0.2) is 13.4 Å². The van der Waals surface area contributed by atoms with Crippen LogP contribution in [-0.2, 0) is 10.0 Å². The molecule has 0 radical (unpaired) electrons. The van der Waals surface area contributed by atoms with Crippen LogP contribution in [-0.4, -0.2) is 23.6 Å². The van der Waals surface area contributed by atoms with Crippen molar-refractivity contribution in [3.05, 3.63) is 102 Å². The number of sulfonamides is 1. The maximum atomic E-state index is 12.5. The fourth-order valence-corrected chi connectivity index (χ4v) is 5.40. The summed E-state index contributed by atoms with van der Waals surface area (Å²) in [6.45, 7) is 0. The number of thiophene rings is 1. The van der Waals surface area contributed by atoms with Crippen molar-refractivity contribution >= 4 is 27.0 Å². The van der Waals surface area contributed by atoms with E-state index in [0.717, 1.165) is 22.4 Å². The largest absolute Gasteiger partial charge is 0.279 e. The third-order valence-corrected chi connectivity index (χ3v) is 7.72. The molecular formula is C25H18N4O2S2. The van der Waals surface area contributed by atoms with Crippen molar-refractivity contribution in [3.63, 3.8) is 0 Å². The summed E-state index contributed by atoms with van der Waals surface area (Å²) >= 11 is 1.17. The molecule has 2 heterocycles. The fraction of sp³-hybridized carbons (Fsp3) is 0. The summed E-state index contributed by atoms with van der Waals surface area (Å²) in [4.78, 5) is 4.82. The van der Waals surface area contributed by atoms with Crippen molar-refractivity contribution in [3.8, 4) is 33.9 Å². The first-order valence-corrected chi connectivity index (χ1v) is 12.5. The first-order chi connectivity index (χ1) is 16.1. The van der Waals surface area contributed by atoms with E-state index in [4.69, 9.17) is 4.98 Å². The molecule has 162 valence electrons. The third kappa shape index (κ3) is 4.52. The zero-order valence-corrected chi connectivity index (χ0v) is 18.9. The summed E-state index contributed by atoms with van der Waals surface area (Å²) in [5, 5.41) is 10.6. The first kappa shape index (κ1) is 21.0. The summed E-state index contributed by atoms with van der Waals surface area (Å²) in [5.41, 5.74) is 4.50. The molecule has 0 saturated heterocycles. The van der Waals surface area contributed by atoms with E-state index in [9.17, 15) is 8.42 Å². The number of rotatable bonds is 6. The molecule has 2 aromatic heterocycles. The molecule has 0 fully saturated rings. The van der Waals surface area contributed by atoms with Crippen molar-refractivity contribution in [1.29, 1.82) is 0 Å². The molecule has 33 heavy (non-hydrogen) atoms. The highest BCUT2D eigenvalue weighted by molar-refractivity contribution is 7.94. The zero-order valence-electron chi connectivity index (χ0n) is 17.3. The van der Waals surface area contributed by atoms with Gasteiger partial charge in [-0.3, -0.25) is 4.72 Å². The Morgan fingerprint density at radius 3 is 1.88 bits per heavy atom. The summed E-state index contributed by atoms with van der Waals surface area (Å²) in [5.74, 6) is 0.459. The zero-order chi connectivity index (χ0) is 22.7. The van der Waals surface area contributed by atoms with E-state index < -0.39 is 10.0 Å². The Bertz CT molecular complexity index is 1470. The fourth-order valence-electron chi connectivity index (χ4n) is 3.35. The standard InChI is InChI=1S/C25H18N4O2S2/c30-33(31,22-12-7-17-32-22)29-21-15-13-20(14-16-21)25-26-23(18-8-3-1-4-9-18)24(27-28-25)19-10-5-2-6-11-19/h1-17,29H. The van der Waals surface area contributed by atoms with Crippen LogP contribution in [0.3, 0.4) is 0 Å². The SMILES string of the molecule is O=S(=O)(Nc1ccc(-c2nnc(-c3ccccc3)c(-c3ccccc3)n2)cc1)c1cccs1.